The van der Waals surface area contributed by atoms with Crippen LogP contribution < -0.4 is 10.2 Å². The van der Waals surface area contributed by atoms with E-state index in [9.17, 15) is 9.90 Å². The second-order valence-corrected chi connectivity index (χ2v) is 5.52. The van der Waals surface area contributed by atoms with Gasteiger partial charge in [0, 0.05) is 57.3 Å². The molecule has 2 heterocycles. The number of carbonyl (C=O) groups is 1. The molecule has 1 aromatic heterocycles. The molecule has 1 fully saturated rings. The van der Waals surface area contributed by atoms with Crippen LogP contribution in [0.3, 0.4) is 0 Å². The third-order valence-electron chi connectivity index (χ3n) is 3.99. The molecule has 2 aromatic rings. The van der Waals surface area contributed by atoms with E-state index in [1.165, 1.54) is 0 Å². The molecule has 2 N–H and O–H groups in total. The lowest BCUT2D eigenvalue weighted by molar-refractivity contribution is 0.194. The van der Waals surface area contributed by atoms with Crippen LogP contribution in [-0.4, -0.2) is 58.3 Å². The predicted molar refractivity (Wildman–Crippen MR) is 87.5 cm³/mol. The van der Waals surface area contributed by atoms with Gasteiger partial charge in [-0.15, -0.1) is 0 Å². The molecule has 1 aromatic carbocycles. The van der Waals surface area contributed by atoms with Gasteiger partial charge in [0.05, 0.1) is 6.33 Å². The number of imidazole rings is 1. The normalized spacial score (nSPS) is 14.8. The Morgan fingerprint density at radius 1 is 1.17 bits per heavy atom. The van der Waals surface area contributed by atoms with Gasteiger partial charge >= 0.3 is 6.03 Å². The molecule has 7 heteroatoms. The van der Waals surface area contributed by atoms with Gasteiger partial charge in [-0.3, -0.25) is 0 Å². The van der Waals surface area contributed by atoms with Crippen LogP contribution in [0.1, 0.15) is 0 Å². The van der Waals surface area contributed by atoms with Crippen molar-refractivity contribution in [3.8, 4) is 5.75 Å². The Balaban J connectivity index is 1.43. The summed E-state index contributed by atoms with van der Waals surface area (Å²) in [6, 6.07) is 7.15. The Hall–Kier alpha value is -2.70. The van der Waals surface area contributed by atoms with E-state index in [2.05, 4.69) is 15.2 Å². The molecular formula is C16H21N5O2. The molecule has 1 aliphatic rings. The van der Waals surface area contributed by atoms with E-state index in [0.29, 0.717) is 19.6 Å². The summed E-state index contributed by atoms with van der Waals surface area (Å²) < 4.78 is 1.93. The molecule has 7 nitrogen and oxygen atoms in total. The first-order valence-electron chi connectivity index (χ1n) is 7.75. The first-order chi connectivity index (χ1) is 11.2. The first kappa shape index (κ1) is 15.2. The SMILES string of the molecule is O=C(NCCn1ccnc1)N1CCN(c2ccc(O)cc2)CC1. The van der Waals surface area contributed by atoms with Gasteiger partial charge in [0.25, 0.3) is 0 Å². The van der Waals surface area contributed by atoms with Gasteiger partial charge in [-0.05, 0) is 24.3 Å². The highest BCUT2D eigenvalue weighted by atomic mass is 16.3. The Bertz CT molecular complexity index is 618. The number of piperazine rings is 1. The summed E-state index contributed by atoms with van der Waals surface area (Å²) in [5, 5.41) is 12.3. The molecule has 1 aliphatic heterocycles. The smallest absolute Gasteiger partial charge is 0.317 e. The summed E-state index contributed by atoms with van der Waals surface area (Å²) >= 11 is 0. The minimum atomic E-state index is -0.0181. The van der Waals surface area contributed by atoms with E-state index in [4.69, 9.17) is 0 Å². The van der Waals surface area contributed by atoms with Crippen molar-refractivity contribution >= 4 is 11.7 Å². The van der Waals surface area contributed by atoms with Crippen molar-refractivity contribution in [3.05, 3.63) is 43.0 Å². The van der Waals surface area contributed by atoms with Crippen molar-refractivity contribution in [2.75, 3.05) is 37.6 Å². The third kappa shape index (κ3) is 3.94. The Morgan fingerprint density at radius 3 is 2.57 bits per heavy atom. The van der Waals surface area contributed by atoms with Gasteiger partial charge in [0.2, 0.25) is 0 Å². The van der Waals surface area contributed by atoms with Crippen molar-refractivity contribution in [2.45, 2.75) is 6.54 Å². The molecule has 122 valence electrons. The highest BCUT2D eigenvalue weighted by molar-refractivity contribution is 5.74. The van der Waals surface area contributed by atoms with Crippen LogP contribution in [0, 0.1) is 0 Å². The molecule has 2 amide bonds. The number of aromatic nitrogens is 2. The number of phenolic OH excluding ortho intramolecular Hbond substituents is 1. The second kappa shape index (κ2) is 7.04. The van der Waals surface area contributed by atoms with Crippen LogP contribution in [0.25, 0.3) is 0 Å². The molecular weight excluding hydrogens is 294 g/mol. The first-order valence-corrected chi connectivity index (χ1v) is 7.75. The summed E-state index contributed by atoms with van der Waals surface area (Å²) in [4.78, 5) is 20.2. The number of carbonyl (C=O) groups excluding carboxylic acids is 1. The highest BCUT2D eigenvalue weighted by Crippen LogP contribution is 2.19. The lowest BCUT2D eigenvalue weighted by Crippen LogP contribution is -2.52. The quantitative estimate of drug-likeness (QED) is 0.887. The summed E-state index contributed by atoms with van der Waals surface area (Å²) in [6.45, 7) is 4.28. The minimum Gasteiger partial charge on any atom is -0.508 e. The lowest BCUT2D eigenvalue weighted by Gasteiger charge is -2.36. The predicted octanol–water partition coefficient (Wildman–Crippen LogP) is 1.12. The largest absolute Gasteiger partial charge is 0.508 e. The molecule has 0 bridgehead atoms. The van der Waals surface area contributed by atoms with Crippen molar-refractivity contribution < 1.29 is 9.90 Å². The van der Waals surface area contributed by atoms with Gasteiger partial charge in [-0.2, -0.15) is 0 Å². The topological polar surface area (TPSA) is 73.6 Å². The maximum Gasteiger partial charge on any atom is 0.317 e. The third-order valence-corrected chi connectivity index (χ3v) is 3.99. The van der Waals surface area contributed by atoms with Crippen LogP contribution >= 0.6 is 0 Å². The number of hydrogen-bond acceptors (Lipinski definition) is 4. The maximum atomic E-state index is 12.2. The molecule has 1 saturated heterocycles. The summed E-state index contributed by atoms with van der Waals surface area (Å²) in [7, 11) is 0. The number of anilines is 1. The molecule has 0 atom stereocenters. The van der Waals surface area contributed by atoms with Crippen LogP contribution in [0.15, 0.2) is 43.0 Å². The van der Waals surface area contributed by atoms with Crippen molar-refractivity contribution in [1.29, 1.82) is 0 Å². The fourth-order valence-electron chi connectivity index (χ4n) is 2.65. The van der Waals surface area contributed by atoms with E-state index in [-0.39, 0.29) is 11.8 Å². The van der Waals surface area contributed by atoms with Crippen LogP contribution in [0.5, 0.6) is 5.75 Å². The van der Waals surface area contributed by atoms with Gasteiger partial charge in [-0.1, -0.05) is 0 Å². The van der Waals surface area contributed by atoms with Crippen LogP contribution in [-0.2, 0) is 6.54 Å². The zero-order chi connectivity index (χ0) is 16.1. The molecule has 0 unspecified atom stereocenters. The molecule has 0 radical (unpaired) electrons. The number of amides is 2. The fourth-order valence-corrected chi connectivity index (χ4v) is 2.65. The molecule has 0 spiro atoms. The summed E-state index contributed by atoms with van der Waals surface area (Å²) in [5.74, 6) is 0.268. The van der Waals surface area contributed by atoms with Gasteiger partial charge in [0.15, 0.2) is 0 Å². The van der Waals surface area contributed by atoms with Crippen LogP contribution in [0.2, 0.25) is 0 Å². The average Bonchev–Trinajstić information content (AvgIpc) is 3.09. The van der Waals surface area contributed by atoms with E-state index in [1.807, 2.05) is 27.8 Å². The highest BCUT2D eigenvalue weighted by Gasteiger charge is 2.20. The zero-order valence-electron chi connectivity index (χ0n) is 12.9. The van der Waals surface area contributed by atoms with Crippen LogP contribution in [0.4, 0.5) is 10.5 Å². The Kier molecular flexibility index (Phi) is 4.65. The van der Waals surface area contributed by atoms with E-state index in [0.717, 1.165) is 25.3 Å². The summed E-state index contributed by atoms with van der Waals surface area (Å²) in [5.41, 5.74) is 1.07. The lowest BCUT2D eigenvalue weighted by atomic mass is 10.2. The molecule has 0 saturated carbocycles. The van der Waals surface area contributed by atoms with E-state index < -0.39 is 0 Å². The number of phenols is 1. The monoisotopic (exact) mass is 315 g/mol. The number of hydrogen-bond donors (Lipinski definition) is 2. The zero-order valence-corrected chi connectivity index (χ0v) is 12.9. The van der Waals surface area contributed by atoms with E-state index in [1.54, 1.807) is 24.7 Å². The number of aromatic hydroxyl groups is 1. The van der Waals surface area contributed by atoms with Crippen molar-refractivity contribution in [1.82, 2.24) is 19.8 Å². The minimum absolute atomic E-state index is 0.0181. The van der Waals surface area contributed by atoms with Gasteiger partial charge in [0.1, 0.15) is 5.75 Å². The maximum absolute atomic E-state index is 12.2. The Labute approximate surface area is 135 Å². The molecule has 0 aliphatic carbocycles. The molecule has 23 heavy (non-hydrogen) atoms. The Morgan fingerprint density at radius 2 is 1.91 bits per heavy atom. The molecule has 3 rings (SSSR count). The van der Waals surface area contributed by atoms with Gasteiger partial charge in [-0.25, -0.2) is 9.78 Å². The number of nitrogens with zero attached hydrogens (tertiary/aromatic N) is 4. The van der Waals surface area contributed by atoms with Gasteiger partial charge < -0.3 is 24.8 Å². The number of benzene rings is 1. The fraction of sp³-hybridized carbons (Fsp3) is 0.375. The number of nitrogens with one attached hydrogen (secondary N) is 1. The average molecular weight is 315 g/mol. The number of urea groups is 1. The number of rotatable bonds is 4. The second-order valence-electron chi connectivity index (χ2n) is 5.52. The van der Waals surface area contributed by atoms with Crippen molar-refractivity contribution in [2.24, 2.45) is 0 Å². The van der Waals surface area contributed by atoms with Crippen molar-refractivity contribution in [3.63, 3.8) is 0 Å². The standard InChI is InChI=1S/C16H21N5O2/c22-15-3-1-14(2-4-15)20-9-11-21(12-10-20)16(23)18-6-8-19-7-5-17-13-19/h1-5,7,13,22H,6,8-12H2,(H,18,23). The summed E-state index contributed by atoms with van der Waals surface area (Å²) in [6.07, 6.45) is 5.34. The van der Waals surface area contributed by atoms with E-state index >= 15 is 0 Å².